The van der Waals surface area contributed by atoms with Crippen LogP contribution in [0.25, 0.3) is 0 Å². The van der Waals surface area contributed by atoms with Crippen molar-refractivity contribution >= 4 is 41.7 Å². The predicted molar refractivity (Wildman–Crippen MR) is 129 cm³/mol. The van der Waals surface area contributed by atoms with E-state index in [1.807, 2.05) is 18.7 Å². The number of aliphatic imine (C=N–C) groups is 1. The molecule has 0 bridgehead atoms. The van der Waals surface area contributed by atoms with Gasteiger partial charge >= 0.3 is 6.61 Å². The lowest BCUT2D eigenvalue weighted by atomic mass is 9.99. The van der Waals surface area contributed by atoms with Crippen molar-refractivity contribution in [2.24, 2.45) is 4.99 Å². The van der Waals surface area contributed by atoms with Gasteiger partial charge in [0.2, 0.25) is 0 Å². The van der Waals surface area contributed by atoms with Crippen LogP contribution in [0.1, 0.15) is 32.3 Å². The predicted octanol–water partition coefficient (Wildman–Crippen LogP) is 4.27. The molecule has 0 aliphatic carbocycles. The standard InChI is InChI=1S/C20H31F2N3O3S.HI/c1-4-23-19(25-14-20(29-3)9-11-26-12-10-20)24-13-15-7-6-8-16(27-5-2)17(15)28-18(21)22;/h6-8,18H,4-5,9-14H2,1-3H3,(H2,23,24,25);1H. The summed E-state index contributed by atoms with van der Waals surface area (Å²) in [5, 5.41) is 6.61. The van der Waals surface area contributed by atoms with Gasteiger partial charge in [-0.1, -0.05) is 12.1 Å². The van der Waals surface area contributed by atoms with Crippen LogP contribution < -0.4 is 20.1 Å². The molecule has 0 spiro atoms. The Labute approximate surface area is 198 Å². The van der Waals surface area contributed by atoms with Gasteiger partial charge in [0.15, 0.2) is 17.5 Å². The minimum absolute atomic E-state index is 0. The van der Waals surface area contributed by atoms with Crippen molar-refractivity contribution in [1.82, 2.24) is 10.6 Å². The Hall–Kier alpha value is -1.01. The topological polar surface area (TPSA) is 64.1 Å². The van der Waals surface area contributed by atoms with E-state index in [0.717, 1.165) is 32.6 Å². The summed E-state index contributed by atoms with van der Waals surface area (Å²) in [4.78, 5) is 4.58. The molecule has 2 rings (SSSR count). The fourth-order valence-electron chi connectivity index (χ4n) is 3.13. The van der Waals surface area contributed by atoms with E-state index in [9.17, 15) is 8.78 Å². The molecule has 1 saturated heterocycles. The summed E-state index contributed by atoms with van der Waals surface area (Å²) in [6.07, 6.45) is 4.07. The van der Waals surface area contributed by atoms with Gasteiger partial charge in [-0.2, -0.15) is 20.5 Å². The molecule has 1 fully saturated rings. The van der Waals surface area contributed by atoms with E-state index < -0.39 is 6.61 Å². The fraction of sp³-hybridized carbons (Fsp3) is 0.650. The van der Waals surface area contributed by atoms with Crippen molar-refractivity contribution in [3.8, 4) is 11.5 Å². The molecule has 172 valence electrons. The molecular formula is C20H32F2IN3O3S. The van der Waals surface area contributed by atoms with Crippen LogP contribution in [0.5, 0.6) is 11.5 Å². The zero-order valence-corrected chi connectivity index (χ0v) is 20.9. The molecule has 0 radical (unpaired) electrons. The maximum atomic E-state index is 12.9. The van der Waals surface area contributed by atoms with Crippen molar-refractivity contribution in [3.63, 3.8) is 0 Å². The lowest BCUT2D eigenvalue weighted by Gasteiger charge is -2.36. The Morgan fingerprint density at radius 1 is 1.27 bits per heavy atom. The number of nitrogens with one attached hydrogen (secondary N) is 2. The number of alkyl halides is 2. The van der Waals surface area contributed by atoms with Crippen LogP contribution in [0.15, 0.2) is 23.2 Å². The Morgan fingerprint density at radius 2 is 2.00 bits per heavy atom. The highest BCUT2D eigenvalue weighted by Crippen LogP contribution is 2.34. The van der Waals surface area contributed by atoms with Crippen LogP contribution in [0.2, 0.25) is 0 Å². The van der Waals surface area contributed by atoms with Crippen LogP contribution in [-0.2, 0) is 11.3 Å². The maximum Gasteiger partial charge on any atom is 0.387 e. The number of guanidine groups is 1. The molecule has 30 heavy (non-hydrogen) atoms. The second-order valence-corrected chi connectivity index (χ2v) is 7.88. The van der Waals surface area contributed by atoms with E-state index in [0.29, 0.717) is 30.4 Å². The number of rotatable bonds is 10. The third-order valence-electron chi connectivity index (χ3n) is 4.73. The number of hydrogen-bond acceptors (Lipinski definition) is 5. The lowest BCUT2D eigenvalue weighted by molar-refractivity contribution is -0.0520. The smallest absolute Gasteiger partial charge is 0.387 e. The van der Waals surface area contributed by atoms with E-state index in [2.05, 4.69) is 21.9 Å². The van der Waals surface area contributed by atoms with Gasteiger partial charge in [0.25, 0.3) is 0 Å². The number of para-hydroxylation sites is 1. The molecule has 0 atom stereocenters. The summed E-state index contributed by atoms with van der Waals surface area (Å²) in [5.41, 5.74) is 0.541. The average Bonchev–Trinajstić information content (AvgIpc) is 2.72. The highest BCUT2D eigenvalue weighted by molar-refractivity contribution is 14.0. The molecular weight excluding hydrogens is 527 g/mol. The SMILES string of the molecule is CCNC(=NCc1cccc(OCC)c1OC(F)F)NCC1(SC)CCOCC1.I. The molecule has 0 aromatic heterocycles. The summed E-state index contributed by atoms with van der Waals surface area (Å²) < 4.78 is 41.5. The molecule has 0 saturated carbocycles. The lowest BCUT2D eigenvalue weighted by Crippen LogP contribution is -2.47. The Bertz CT molecular complexity index is 662. The number of halogens is 3. The van der Waals surface area contributed by atoms with Gasteiger partial charge in [-0.15, -0.1) is 24.0 Å². The molecule has 10 heteroatoms. The molecule has 0 amide bonds. The first kappa shape index (κ1) is 27.0. The highest BCUT2D eigenvalue weighted by Gasteiger charge is 2.31. The third kappa shape index (κ3) is 8.26. The van der Waals surface area contributed by atoms with Crippen LogP contribution in [-0.4, -0.2) is 56.5 Å². The van der Waals surface area contributed by atoms with Crippen molar-refractivity contribution in [2.45, 2.75) is 44.6 Å². The maximum absolute atomic E-state index is 12.9. The van der Waals surface area contributed by atoms with Gasteiger partial charge in [-0.05, 0) is 39.0 Å². The van der Waals surface area contributed by atoms with E-state index >= 15 is 0 Å². The van der Waals surface area contributed by atoms with E-state index in [1.165, 1.54) is 0 Å². The molecule has 1 heterocycles. The van der Waals surface area contributed by atoms with Crippen LogP contribution in [0, 0.1) is 0 Å². The summed E-state index contributed by atoms with van der Waals surface area (Å²) in [6.45, 7) is 4.36. The van der Waals surface area contributed by atoms with Crippen molar-refractivity contribution in [3.05, 3.63) is 23.8 Å². The first-order chi connectivity index (χ1) is 14.0. The number of ether oxygens (including phenoxy) is 3. The van der Waals surface area contributed by atoms with Gasteiger partial charge in [0, 0.05) is 36.6 Å². The van der Waals surface area contributed by atoms with Crippen molar-refractivity contribution < 1.29 is 23.0 Å². The van der Waals surface area contributed by atoms with Gasteiger partial charge < -0.3 is 24.8 Å². The monoisotopic (exact) mass is 559 g/mol. The quantitative estimate of drug-likeness (QED) is 0.254. The number of nitrogens with zero attached hydrogens (tertiary/aromatic N) is 1. The van der Waals surface area contributed by atoms with Gasteiger partial charge in [-0.25, -0.2) is 4.99 Å². The Kier molecular flexibility index (Phi) is 12.7. The average molecular weight is 559 g/mol. The first-order valence-electron chi connectivity index (χ1n) is 9.88. The fourth-order valence-corrected chi connectivity index (χ4v) is 3.92. The van der Waals surface area contributed by atoms with E-state index in [-0.39, 0.29) is 41.0 Å². The molecule has 1 aromatic carbocycles. The van der Waals surface area contributed by atoms with E-state index in [4.69, 9.17) is 14.2 Å². The van der Waals surface area contributed by atoms with Gasteiger partial charge in [0.1, 0.15) is 0 Å². The van der Waals surface area contributed by atoms with Crippen molar-refractivity contribution in [1.29, 1.82) is 0 Å². The van der Waals surface area contributed by atoms with Crippen LogP contribution in [0.3, 0.4) is 0 Å². The molecule has 2 N–H and O–H groups in total. The summed E-state index contributed by atoms with van der Waals surface area (Å²) in [5.74, 6) is 0.966. The summed E-state index contributed by atoms with van der Waals surface area (Å²) in [6, 6.07) is 5.08. The Morgan fingerprint density at radius 3 is 2.60 bits per heavy atom. The Balaban J connectivity index is 0.00000450. The number of hydrogen-bond donors (Lipinski definition) is 2. The second kappa shape index (κ2) is 14.1. The first-order valence-corrected chi connectivity index (χ1v) is 11.1. The molecule has 1 aliphatic heterocycles. The summed E-state index contributed by atoms with van der Waals surface area (Å²) in [7, 11) is 0. The molecule has 0 unspecified atom stereocenters. The second-order valence-electron chi connectivity index (χ2n) is 6.60. The minimum atomic E-state index is -2.93. The highest BCUT2D eigenvalue weighted by atomic mass is 127. The van der Waals surface area contributed by atoms with E-state index in [1.54, 1.807) is 25.1 Å². The van der Waals surface area contributed by atoms with Crippen LogP contribution in [0.4, 0.5) is 8.78 Å². The molecule has 6 nitrogen and oxygen atoms in total. The minimum Gasteiger partial charge on any atom is -0.490 e. The van der Waals surface area contributed by atoms with Crippen molar-refractivity contribution in [2.75, 3.05) is 39.2 Å². The largest absolute Gasteiger partial charge is 0.490 e. The third-order valence-corrected chi connectivity index (χ3v) is 6.15. The summed E-state index contributed by atoms with van der Waals surface area (Å²) >= 11 is 1.84. The van der Waals surface area contributed by atoms with Gasteiger partial charge in [0.05, 0.1) is 13.2 Å². The molecule has 1 aromatic rings. The zero-order chi connectivity index (χ0) is 21.1. The molecule has 1 aliphatic rings. The van der Waals surface area contributed by atoms with Crippen LogP contribution >= 0.6 is 35.7 Å². The zero-order valence-electron chi connectivity index (χ0n) is 17.7. The normalized spacial score (nSPS) is 16.0. The number of benzene rings is 1. The number of thioether (sulfide) groups is 1. The van der Waals surface area contributed by atoms with Gasteiger partial charge in [-0.3, -0.25) is 0 Å².